The Labute approximate surface area is 216 Å². The van der Waals surface area contributed by atoms with E-state index in [0.29, 0.717) is 45.3 Å². The first-order valence-electron chi connectivity index (χ1n) is 11.4. The van der Waals surface area contributed by atoms with Gasteiger partial charge in [0.05, 0.1) is 19.9 Å². The van der Waals surface area contributed by atoms with Gasteiger partial charge in [0.15, 0.2) is 16.4 Å². The van der Waals surface area contributed by atoms with Gasteiger partial charge < -0.3 is 14.8 Å². The van der Waals surface area contributed by atoms with E-state index in [1.807, 2.05) is 18.2 Å². The molecule has 1 aliphatic heterocycles. The highest BCUT2D eigenvalue weighted by atomic mass is 35.5. The smallest absolute Gasteiger partial charge is 0.270 e. The molecule has 188 valence electrons. The van der Waals surface area contributed by atoms with Crippen LogP contribution in [0.4, 0.5) is 5.69 Å². The van der Waals surface area contributed by atoms with Crippen LogP contribution >= 0.6 is 11.6 Å². The number of hydrogen-bond acceptors (Lipinski definition) is 5. The molecule has 0 spiro atoms. The summed E-state index contributed by atoms with van der Waals surface area (Å²) in [6.45, 7) is 2.13. The zero-order chi connectivity index (χ0) is 25.9. The molecule has 0 saturated heterocycles. The highest BCUT2D eigenvalue weighted by Gasteiger charge is 2.40. The Bertz CT molecular complexity index is 1420. The first-order valence-corrected chi connectivity index (χ1v) is 13.2. The van der Waals surface area contributed by atoms with Crippen LogP contribution in [0.25, 0.3) is 5.57 Å². The number of hydrogen-bond donors (Lipinski definition) is 1. The maximum absolute atomic E-state index is 13.7. The van der Waals surface area contributed by atoms with Crippen molar-refractivity contribution in [3.63, 3.8) is 0 Å². The Morgan fingerprint density at radius 2 is 1.69 bits per heavy atom. The van der Waals surface area contributed by atoms with Gasteiger partial charge in [0.2, 0.25) is 0 Å². The molecule has 0 fully saturated rings. The van der Waals surface area contributed by atoms with E-state index >= 15 is 0 Å². The standard InChI is InChI=1S/C27H27ClN2O5S/c1-4-30-22-12-11-20(28)17-21(22)25(19-8-6-5-7-9-19)26(36(30,32)33)27(31)29-15-14-18-10-13-23(34-2)24(16-18)35-3/h5-13,16-17H,4,14-15H2,1-3H3,(H,29,31). The van der Waals surface area contributed by atoms with Crippen molar-refractivity contribution in [2.24, 2.45) is 0 Å². The summed E-state index contributed by atoms with van der Waals surface area (Å²) in [5.41, 5.74) is 2.94. The number of amides is 1. The molecule has 3 aromatic rings. The normalized spacial score (nSPS) is 14.3. The quantitative estimate of drug-likeness (QED) is 0.462. The van der Waals surface area contributed by atoms with E-state index in [4.69, 9.17) is 21.1 Å². The van der Waals surface area contributed by atoms with E-state index in [-0.39, 0.29) is 18.0 Å². The van der Waals surface area contributed by atoms with Crippen LogP contribution in [0, 0.1) is 0 Å². The third kappa shape index (κ3) is 4.79. The number of carbonyl (C=O) groups is 1. The number of carbonyl (C=O) groups excluding carboxylic acids is 1. The van der Waals surface area contributed by atoms with E-state index in [1.54, 1.807) is 69.7 Å². The number of nitrogens with one attached hydrogen (secondary N) is 1. The molecule has 7 nitrogen and oxygen atoms in total. The molecule has 0 bridgehead atoms. The van der Waals surface area contributed by atoms with Crippen molar-refractivity contribution in [3.05, 3.63) is 93.3 Å². The summed E-state index contributed by atoms with van der Waals surface area (Å²) < 4.78 is 39.3. The lowest BCUT2D eigenvalue weighted by Crippen LogP contribution is -2.41. The molecule has 0 aliphatic carbocycles. The second-order valence-electron chi connectivity index (χ2n) is 8.10. The fourth-order valence-electron chi connectivity index (χ4n) is 4.32. The van der Waals surface area contributed by atoms with Crippen LogP contribution in [0.1, 0.15) is 23.6 Å². The van der Waals surface area contributed by atoms with Crippen LogP contribution in [0.2, 0.25) is 5.02 Å². The van der Waals surface area contributed by atoms with Crippen LogP contribution in [-0.4, -0.2) is 41.6 Å². The van der Waals surface area contributed by atoms with E-state index < -0.39 is 15.9 Å². The van der Waals surface area contributed by atoms with Gasteiger partial charge in [0.25, 0.3) is 15.9 Å². The SMILES string of the molecule is CCN1c2ccc(Cl)cc2C(c2ccccc2)=C(C(=O)NCCc2ccc(OC)c(OC)c2)S1(=O)=O. The highest BCUT2D eigenvalue weighted by molar-refractivity contribution is 7.97. The van der Waals surface area contributed by atoms with E-state index in [1.165, 1.54) is 4.31 Å². The van der Waals surface area contributed by atoms with E-state index in [9.17, 15) is 13.2 Å². The average molecular weight is 527 g/mol. The van der Waals surface area contributed by atoms with E-state index in [2.05, 4.69) is 5.32 Å². The predicted molar refractivity (Wildman–Crippen MR) is 142 cm³/mol. The predicted octanol–water partition coefficient (Wildman–Crippen LogP) is 4.65. The van der Waals surface area contributed by atoms with Crippen LogP contribution in [-0.2, 0) is 21.2 Å². The number of halogens is 1. The maximum Gasteiger partial charge on any atom is 0.270 e. The molecule has 36 heavy (non-hydrogen) atoms. The number of ether oxygens (including phenoxy) is 2. The van der Waals surface area contributed by atoms with Crippen molar-refractivity contribution in [2.75, 3.05) is 31.6 Å². The molecule has 0 aromatic heterocycles. The fourth-order valence-corrected chi connectivity index (χ4v) is 6.26. The van der Waals surface area contributed by atoms with Crippen LogP contribution in [0.3, 0.4) is 0 Å². The minimum atomic E-state index is -4.13. The summed E-state index contributed by atoms with van der Waals surface area (Å²) in [7, 11) is -1.02. The summed E-state index contributed by atoms with van der Waals surface area (Å²) in [6.07, 6.45) is 0.472. The Balaban J connectivity index is 1.73. The van der Waals surface area contributed by atoms with Gasteiger partial charge in [-0.1, -0.05) is 48.0 Å². The maximum atomic E-state index is 13.7. The molecule has 4 rings (SSSR count). The lowest BCUT2D eigenvalue weighted by atomic mass is 9.95. The molecular weight excluding hydrogens is 500 g/mol. The van der Waals surface area contributed by atoms with E-state index in [0.717, 1.165) is 5.56 Å². The van der Waals surface area contributed by atoms with Gasteiger partial charge in [-0.05, 0) is 54.8 Å². The summed E-state index contributed by atoms with van der Waals surface area (Å²) in [4.78, 5) is 13.2. The van der Waals surface area contributed by atoms with Crippen molar-refractivity contribution in [1.29, 1.82) is 0 Å². The lowest BCUT2D eigenvalue weighted by molar-refractivity contribution is -0.116. The lowest BCUT2D eigenvalue weighted by Gasteiger charge is -2.33. The first kappa shape index (κ1) is 25.6. The van der Waals surface area contributed by atoms with Gasteiger partial charge in [-0.25, -0.2) is 8.42 Å². The van der Waals surface area contributed by atoms with Gasteiger partial charge in [-0.15, -0.1) is 0 Å². The fraction of sp³-hybridized carbons (Fsp3) is 0.222. The van der Waals surface area contributed by atoms with Crippen molar-refractivity contribution >= 4 is 38.8 Å². The number of sulfonamides is 1. The number of benzene rings is 3. The zero-order valence-corrected chi connectivity index (χ0v) is 21.8. The number of nitrogens with zero attached hydrogens (tertiary/aromatic N) is 1. The molecule has 0 radical (unpaired) electrons. The molecule has 1 heterocycles. The van der Waals surface area contributed by atoms with Gasteiger partial charge in [0.1, 0.15) is 0 Å². The molecule has 0 atom stereocenters. The molecule has 0 unspecified atom stereocenters. The minimum absolute atomic E-state index is 0.168. The summed E-state index contributed by atoms with van der Waals surface area (Å²) in [5, 5.41) is 3.25. The molecule has 3 aromatic carbocycles. The second kappa shape index (κ2) is 10.6. The monoisotopic (exact) mass is 526 g/mol. The average Bonchev–Trinajstić information content (AvgIpc) is 2.88. The Kier molecular flexibility index (Phi) is 7.56. The Hall–Kier alpha value is -3.49. The topological polar surface area (TPSA) is 84.9 Å². The summed E-state index contributed by atoms with van der Waals surface area (Å²) in [6, 6.07) is 19.5. The highest BCUT2D eigenvalue weighted by Crippen LogP contribution is 2.43. The third-order valence-electron chi connectivity index (χ3n) is 5.97. The number of anilines is 1. The summed E-state index contributed by atoms with van der Waals surface area (Å²) >= 11 is 6.31. The third-order valence-corrected chi connectivity index (χ3v) is 8.15. The van der Waals surface area contributed by atoms with Crippen LogP contribution in [0.5, 0.6) is 11.5 Å². The van der Waals surface area contributed by atoms with Crippen LogP contribution < -0.4 is 19.1 Å². The Morgan fingerprint density at radius 3 is 2.36 bits per heavy atom. The van der Waals surface area contributed by atoms with Crippen LogP contribution in [0.15, 0.2) is 71.6 Å². The molecule has 0 saturated carbocycles. The summed E-state index contributed by atoms with van der Waals surface area (Å²) in [5.74, 6) is 0.518. The number of methoxy groups -OCH3 is 2. The largest absolute Gasteiger partial charge is 0.493 e. The zero-order valence-electron chi connectivity index (χ0n) is 20.2. The molecule has 1 aliphatic rings. The van der Waals surface area contributed by atoms with Gasteiger partial charge in [-0.3, -0.25) is 9.10 Å². The van der Waals surface area contributed by atoms with Gasteiger partial charge >= 0.3 is 0 Å². The molecule has 1 N–H and O–H groups in total. The van der Waals surface area contributed by atoms with Crippen molar-refractivity contribution in [2.45, 2.75) is 13.3 Å². The molecular formula is C27H27ClN2O5S. The van der Waals surface area contributed by atoms with Crippen molar-refractivity contribution in [3.8, 4) is 11.5 Å². The number of rotatable bonds is 8. The minimum Gasteiger partial charge on any atom is -0.493 e. The van der Waals surface area contributed by atoms with Crippen molar-refractivity contribution in [1.82, 2.24) is 5.32 Å². The second-order valence-corrected chi connectivity index (χ2v) is 10.3. The molecule has 1 amide bonds. The Morgan fingerprint density at radius 1 is 0.972 bits per heavy atom. The van der Waals surface area contributed by atoms with Gasteiger partial charge in [0, 0.05) is 29.2 Å². The van der Waals surface area contributed by atoms with Gasteiger partial charge in [-0.2, -0.15) is 0 Å². The molecule has 9 heteroatoms. The number of fused-ring (bicyclic) bond motifs is 1. The first-order chi connectivity index (χ1) is 17.3. The van der Waals surface area contributed by atoms with Crippen molar-refractivity contribution < 1.29 is 22.7 Å².